The molecule has 0 saturated heterocycles. The van der Waals surface area contributed by atoms with Gasteiger partial charge in [0.2, 0.25) is 0 Å². The summed E-state index contributed by atoms with van der Waals surface area (Å²) in [6, 6.07) is 50.4. The summed E-state index contributed by atoms with van der Waals surface area (Å²) in [5.74, 6) is 0.125. The van der Waals surface area contributed by atoms with Gasteiger partial charge < -0.3 is 11.5 Å². The molecule has 0 unspecified atom stereocenters. The van der Waals surface area contributed by atoms with E-state index in [2.05, 4.69) is 152 Å². The smallest absolute Gasteiger partial charge is 0.266 e. The van der Waals surface area contributed by atoms with Crippen molar-refractivity contribution >= 4 is 141 Å². The first-order valence-electron chi connectivity index (χ1n) is 27.9. The first-order chi connectivity index (χ1) is 38.4. The Kier molecular flexibility index (Phi) is 9.90. The van der Waals surface area contributed by atoms with Gasteiger partial charge in [-0.2, -0.15) is 0 Å². The van der Waals surface area contributed by atoms with E-state index in [4.69, 9.17) is 11.5 Å². The molecule has 8 nitrogen and oxygen atoms in total. The van der Waals surface area contributed by atoms with Gasteiger partial charge in [0.25, 0.3) is 22.2 Å². The van der Waals surface area contributed by atoms with E-state index >= 15 is 0 Å². The number of nitrogens with zero attached hydrogens (tertiary/aromatic N) is 2. The minimum atomic E-state index is -0.316. The lowest BCUT2D eigenvalue weighted by Gasteiger charge is -2.22. The van der Waals surface area contributed by atoms with Gasteiger partial charge in [-0.3, -0.25) is 19.2 Å². The molecule has 0 aliphatic carbocycles. The summed E-state index contributed by atoms with van der Waals surface area (Å²) in [6.45, 7) is 16.5. The van der Waals surface area contributed by atoms with Crippen LogP contribution >= 0.6 is 0 Å². The molecule has 0 fully saturated rings. The molecule has 2 heterocycles. The van der Waals surface area contributed by atoms with E-state index in [1.807, 2.05) is 48.5 Å². The molecule has 8 heteroatoms. The van der Waals surface area contributed by atoms with Crippen LogP contribution in [-0.4, -0.2) is 9.13 Å². The van der Waals surface area contributed by atoms with Crippen molar-refractivity contribution in [2.45, 2.75) is 79.1 Å². The lowest BCUT2D eigenvalue weighted by molar-refractivity contribution is 0.793. The number of hydrogen-bond donors (Lipinski definition) is 2. The highest BCUT2D eigenvalue weighted by molar-refractivity contribution is 6.38. The monoisotopic (exact) mass is 1040 g/mol. The fourth-order valence-electron chi connectivity index (χ4n) is 14.0. The molecule has 0 aliphatic heterocycles. The summed E-state index contributed by atoms with van der Waals surface area (Å²) in [6.07, 6.45) is 0. The van der Waals surface area contributed by atoms with Gasteiger partial charge >= 0.3 is 0 Å². The first-order valence-corrected chi connectivity index (χ1v) is 27.9. The highest BCUT2D eigenvalue weighted by Gasteiger charge is 2.28. The zero-order chi connectivity index (χ0) is 55.2. The number of anilines is 2. The van der Waals surface area contributed by atoms with Crippen LogP contribution in [0.25, 0.3) is 141 Å². The summed E-state index contributed by atoms with van der Waals surface area (Å²) in [4.78, 5) is 59.3. The van der Waals surface area contributed by atoms with Crippen molar-refractivity contribution in [2.75, 3.05) is 11.5 Å². The number of pyridine rings is 2. The summed E-state index contributed by atoms with van der Waals surface area (Å²) in [5.41, 5.74) is 17.6. The van der Waals surface area contributed by atoms with E-state index in [0.29, 0.717) is 55.1 Å². The van der Waals surface area contributed by atoms with Gasteiger partial charge in [-0.15, -0.1) is 0 Å². The van der Waals surface area contributed by atoms with Gasteiger partial charge in [-0.1, -0.05) is 104 Å². The maximum atomic E-state index is 14.8. The fraction of sp³-hybridized carbons (Fsp3) is 0.167. The predicted octanol–water partition coefficient (Wildman–Crippen LogP) is 16.5. The molecule has 0 saturated carbocycles. The molecule has 4 N–H and O–H groups in total. The van der Waals surface area contributed by atoms with Crippen molar-refractivity contribution in [3.63, 3.8) is 0 Å². The minimum absolute atomic E-state index is 0.0314. The van der Waals surface area contributed by atoms with Crippen molar-refractivity contribution in [1.29, 1.82) is 0 Å². The summed E-state index contributed by atoms with van der Waals surface area (Å²) < 4.78 is 2.81. The van der Waals surface area contributed by atoms with Gasteiger partial charge in [-0.05, 0) is 240 Å². The molecular weight excluding hydrogens is 985 g/mol. The quantitative estimate of drug-likeness (QED) is 0.160. The topological polar surface area (TPSA) is 130 Å². The van der Waals surface area contributed by atoms with Gasteiger partial charge in [-0.25, -0.2) is 9.13 Å². The molecular formula is C72H56N4O4. The van der Waals surface area contributed by atoms with E-state index < -0.39 is 0 Å². The highest BCUT2D eigenvalue weighted by Crippen LogP contribution is 2.46. The van der Waals surface area contributed by atoms with Crippen LogP contribution < -0.4 is 33.7 Å². The Bertz CT molecular complexity index is 4890. The maximum Gasteiger partial charge on any atom is 0.266 e. The normalized spacial score (nSPS) is 12.8. The molecule has 13 aromatic carbocycles. The second-order valence-electron chi connectivity index (χ2n) is 23.9. The molecule has 15 rings (SSSR count). The Hall–Kier alpha value is -9.40. The number of benzene rings is 10. The third-order valence-electron chi connectivity index (χ3n) is 17.8. The number of nitrogens with two attached hydrogens (primary N) is 2. The van der Waals surface area contributed by atoms with Gasteiger partial charge in [0.1, 0.15) is 0 Å². The van der Waals surface area contributed by atoms with E-state index in [-0.39, 0.29) is 45.9 Å². The Morgan fingerprint density at radius 2 is 0.475 bits per heavy atom. The van der Waals surface area contributed by atoms with E-state index in [1.165, 1.54) is 9.13 Å². The molecule has 0 radical (unpaired) electrons. The molecule has 15 aromatic rings. The van der Waals surface area contributed by atoms with E-state index in [0.717, 1.165) is 119 Å². The number of hydrogen-bond acceptors (Lipinski definition) is 6. The molecule has 0 atom stereocenters. The second kappa shape index (κ2) is 16.6. The van der Waals surface area contributed by atoms with Crippen LogP contribution in [0.5, 0.6) is 0 Å². The molecule has 0 aliphatic rings. The zero-order valence-electron chi connectivity index (χ0n) is 45.8. The number of fused-ring (bicyclic) bond motifs is 10. The Balaban J connectivity index is 0.874. The summed E-state index contributed by atoms with van der Waals surface area (Å²) in [5, 5.41) is 22.6. The largest absolute Gasteiger partial charge is 0.399 e. The molecule has 80 heavy (non-hydrogen) atoms. The van der Waals surface area contributed by atoms with Crippen LogP contribution in [0.4, 0.5) is 11.4 Å². The lowest BCUT2D eigenvalue weighted by Crippen LogP contribution is -2.33. The SMILES string of the molecule is CC(C)c1cc(N)cc(C(C)C)c1-n1c(=O)c2ccc3c4cc5cc6ccc7cc8cc9c(cc8cc7ccc6cc5cc4c4ccc(c1=O)c2c34)c1ccc2c(=O)n(-c3c(C(C)C)cc(N)cc3C(C)C)c(=O)c3ccc9c1c32. The van der Waals surface area contributed by atoms with Crippen molar-refractivity contribution in [2.24, 2.45) is 0 Å². The zero-order valence-corrected chi connectivity index (χ0v) is 45.8. The molecule has 0 spiro atoms. The van der Waals surface area contributed by atoms with E-state index in [1.54, 1.807) is 0 Å². The molecule has 0 amide bonds. The van der Waals surface area contributed by atoms with E-state index in [9.17, 15) is 19.2 Å². The average molecular weight is 1040 g/mol. The molecule has 0 bridgehead atoms. The first kappa shape index (κ1) is 47.8. The van der Waals surface area contributed by atoms with Crippen LogP contribution in [0.3, 0.4) is 0 Å². The van der Waals surface area contributed by atoms with Crippen molar-refractivity contribution < 1.29 is 0 Å². The van der Waals surface area contributed by atoms with Crippen LogP contribution in [0.15, 0.2) is 165 Å². The van der Waals surface area contributed by atoms with Gasteiger partial charge in [0, 0.05) is 43.7 Å². The Morgan fingerprint density at radius 1 is 0.263 bits per heavy atom. The van der Waals surface area contributed by atoms with Gasteiger partial charge in [0.15, 0.2) is 0 Å². The van der Waals surface area contributed by atoms with Crippen LogP contribution in [0, 0.1) is 0 Å². The third kappa shape index (κ3) is 6.44. The number of aromatic nitrogens is 2. The van der Waals surface area contributed by atoms with Crippen molar-refractivity contribution in [3.05, 3.63) is 209 Å². The standard InChI is InChI=1S/C72H56N4O4/c1-33(2)55-29-45(73)30-56(34(3)4)67(55)75-69(77)51-17-13-47-59-25-41-21-37-9-11-39-23-43-27-61-49-15-19-53-66-54(72(80)76(71(53)79)68-57(35(5)6)31-46(74)32-58(68)36(7)8)20-16-50(64(49)66)62(61)28-44(43)24-40(39)12-10-38(37)22-42(41)26-60(59)48-14-18-52(70(75)78)65(51)63(47)48/h9-36H,73-74H2,1-8H3. The van der Waals surface area contributed by atoms with Crippen LogP contribution in [0.1, 0.15) is 101 Å². The Morgan fingerprint density at radius 3 is 0.700 bits per heavy atom. The summed E-state index contributed by atoms with van der Waals surface area (Å²) in [7, 11) is 0. The maximum absolute atomic E-state index is 14.8. The summed E-state index contributed by atoms with van der Waals surface area (Å²) >= 11 is 0. The number of rotatable bonds is 6. The number of nitrogen functional groups attached to an aromatic ring is 2. The highest BCUT2D eigenvalue weighted by atomic mass is 16.2. The lowest BCUT2D eigenvalue weighted by atomic mass is 9.91. The third-order valence-corrected chi connectivity index (χ3v) is 17.8. The van der Waals surface area contributed by atoms with Crippen molar-refractivity contribution in [3.8, 4) is 11.4 Å². The average Bonchev–Trinajstić information content (AvgIpc) is 2.73. The molecule has 2 aromatic heterocycles. The fourth-order valence-corrected chi connectivity index (χ4v) is 14.0. The Labute approximate surface area is 458 Å². The van der Waals surface area contributed by atoms with Gasteiger partial charge in [0.05, 0.1) is 11.4 Å². The molecule has 388 valence electrons. The predicted molar refractivity (Wildman–Crippen MR) is 339 cm³/mol. The minimum Gasteiger partial charge on any atom is -0.399 e. The second-order valence-corrected chi connectivity index (χ2v) is 23.9. The van der Waals surface area contributed by atoms with Crippen LogP contribution in [0.2, 0.25) is 0 Å². The van der Waals surface area contributed by atoms with Crippen LogP contribution in [-0.2, 0) is 0 Å². The van der Waals surface area contributed by atoms with Crippen molar-refractivity contribution in [1.82, 2.24) is 9.13 Å².